The molecular formula is C36H74O25. The van der Waals surface area contributed by atoms with Gasteiger partial charge >= 0.3 is 0 Å². The third kappa shape index (κ3) is 34.1. The van der Waals surface area contributed by atoms with Crippen molar-refractivity contribution in [3.63, 3.8) is 0 Å². The Labute approximate surface area is 355 Å². The van der Waals surface area contributed by atoms with E-state index >= 15 is 0 Å². The van der Waals surface area contributed by atoms with Crippen LogP contribution in [-0.4, -0.2) is 303 Å². The number of aliphatic hydroxyl groups is 14. The molecule has 0 aromatic heterocycles. The molecule has 12 atom stereocenters. The largest absolute Gasteiger partial charge is 0.394 e. The quantitative estimate of drug-likeness (QED) is 0.0285. The lowest BCUT2D eigenvalue weighted by Gasteiger charge is -2.29. The van der Waals surface area contributed by atoms with E-state index in [0.717, 1.165) is 0 Å². The lowest BCUT2D eigenvalue weighted by atomic mass is 10.3. The van der Waals surface area contributed by atoms with Crippen LogP contribution in [0.2, 0.25) is 0 Å². The van der Waals surface area contributed by atoms with Crippen molar-refractivity contribution in [1.82, 2.24) is 0 Å². The highest BCUT2D eigenvalue weighted by Crippen LogP contribution is 2.10. The van der Waals surface area contributed by atoms with Crippen molar-refractivity contribution in [2.45, 2.75) is 73.2 Å². The summed E-state index contributed by atoms with van der Waals surface area (Å²) < 4.78 is 57.8. The lowest BCUT2D eigenvalue weighted by molar-refractivity contribution is -0.171. The van der Waals surface area contributed by atoms with E-state index in [9.17, 15) is 5.11 Å². The molecule has 0 spiro atoms. The van der Waals surface area contributed by atoms with Crippen molar-refractivity contribution >= 4 is 0 Å². The van der Waals surface area contributed by atoms with E-state index in [1.165, 1.54) is 0 Å². The first kappa shape index (κ1) is 60.0. The van der Waals surface area contributed by atoms with Gasteiger partial charge in [-0.2, -0.15) is 0 Å². The highest BCUT2D eigenvalue weighted by molar-refractivity contribution is 4.69. The Hall–Kier alpha value is -1.00. The van der Waals surface area contributed by atoms with E-state index in [2.05, 4.69) is 0 Å². The lowest BCUT2D eigenvalue weighted by Crippen LogP contribution is -2.41. The van der Waals surface area contributed by atoms with Gasteiger partial charge in [0.2, 0.25) is 0 Å². The maximum absolute atomic E-state index is 9.55. The monoisotopic (exact) mass is 906 g/mol. The smallest absolute Gasteiger partial charge is 0.104 e. The van der Waals surface area contributed by atoms with Gasteiger partial charge in [0.25, 0.3) is 0 Å². The fourth-order valence-corrected chi connectivity index (χ4v) is 4.35. The maximum atomic E-state index is 9.55. The Balaban J connectivity index is 0.000000885. The second kappa shape index (κ2) is 40.5. The van der Waals surface area contributed by atoms with Crippen LogP contribution in [0, 0.1) is 0 Å². The van der Waals surface area contributed by atoms with Crippen LogP contribution < -0.4 is 0 Å². The van der Waals surface area contributed by atoms with Gasteiger partial charge in [-0.3, -0.25) is 0 Å². The van der Waals surface area contributed by atoms with Crippen molar-refractivity contribution < 1.29 is 124 Å². The predicted octanol–water partition coefficient (Wildman–Crippen LogP) is -8.52. The van der Waals surface area contributed by atoms with E-state index in [1.54, 1.807) is 0 Å². The highest BCUT2D eigenvalue weighted by Gasteiger charge is 2.24. The highest BCUT2D eigenvalue weighted by atomic mass is 16.6. The van der Waals surface area contributed by atoms with Gasteiger partial charge in [0.15, 0.2) is 0 Å². The summed E-state index contributed by atoms with van der Waals surface area (Å²) in [5.74, 6) is 0. The van der Waals surface area contributed by atoms with Crippen LogP contribution in [0.3, 0.4) is 0 Å². The summed E-state index contributed by atoms with van der Waals surface area (Å²) in [6.45, 7) is -0.452. The van der Waals surface area contributed by atoms with Gasteiger partial charge in [-0.1, -0.05) is 0 Å². The van der Waals surface area contributed by atoms with Crippen molar-refractivity contribution in [3.05, 3.63) is 0 Å². The van der Waals surface area contributed by atoms with E-state index in [1.807, 2.05) is 0 Å². The molecule has 2 heterocycles. The van der Waals surface area contributed by atoms with Gasteiger partial charge in [0.1, 0.15) is 73.2 Å². The van der Waals surface area contributed by atoms with Crippen molar-refractivity contribution in [2.75, 3.05) is 159 Å². The summed E-state index contributed by atoms with van der Waals surface area (Å²) in [4.78, 5) is 0. The molecule has 2 rings (SSSR count). The van der Waals surface area contributed by atoms with Gasteiger partial charge in [0, 0.05) is 0 Å². The molecule has 0 amide bonds. The Bertz CT molecular complexity index is 871. The van der Waals surface area contributed by atoms with Gasteiger partial charge in [0.05, 0.1) is 159 Å². The van der Waals surface area contributed by atoms with Crippen LogP contribution in [-0.2, 0) is 52.1 Å². The van der Waals surface area contributed by atoms with Crippen LogP contribution in [0.5, 0.6) is 0 Å². The Morgan fingerprint density at radius 2 is 0.607 bits per heavy atom. The average molecular weight is 907 g/mol. The normalized spacial score (nSPS) is 23.3. The van der Waals surface area contributed by atoms with Crippen LogP contribution in [0.25, 0.3) is 0 Å². The average Bonchev–Trinajstić information content (AvgIpc) is 3.29. The third-order valence-electron chi connectivity index (χ3n) is 7.85. The summed E-state index contributed by atoms with van der Waals surface area (Å²) >= 11 is 0. The SMILES string of the molecule is OCC(O)COC(CO)COCC(CO)OCC(O)CO.OCC(O)COCC(O)COCC1COC(CO)CO1.OCC(O)COCC1COC(COCC(O)CO)CO1. The Morgan fingerprint density at radius 3 is 0.918 bits per heavy atom. The summed E-state index contributed by atoms with van der Waals surface area (Å²) in [6, 6.07) is 0. The topological polar surface area (TPSA) is 385 Å². The Morgan fingerprint density at radius 1 is 0.328 bits per heavy atom. The van der Waals surface area contributed by atoms with Crippen LogP contribution in [0.15, 0.2) is 0 Å². The zero-order valence-electron chi connectivity index (χ0n) is 34.7. The molecule has 0 bridgehead atoms. The fourth-order valence-electron chi connectivity index (χ4n) is 4.35. The molecule has 14 N–H and O–H groups in total. The molecule has 0 radical (unpaired) electrons. The zero-order valence-corrected chi connectivity index (χ0v) is 34.7. The fraction of sp³-hybridized carbons (Fsp3) is 1.00. The number of aliphatic hydroxyl groups excluding tert-OH is 14. The number of hydrogen-bond donors (Lipinski definition) is 14. The molecule has 2 aliphatic heterocycles. The second-order valence-corrected chi connectivity index (χ2v) is 13.8. The third-order valence-corrected chi connectivity index (χ3v) is 7.85. The van der Waals surface area contributed by atoms with Gasteiger partial charge < -0.3 is 124 Å². The first-order chi connectivity index (χ1) is 29.4. The van der Waals surface area contributed by atoms with Gasteiger partial charge in [-0.05, 0) is 0 Å². The zero-order chi connectivity index (χ0) is 45.7. The van der Waals surface area contributed by atoms with Crippen molar-refractivity contribution in [3.8, 4) is 0 Å². The van der Waals surface area contributed by atoms with E-state index in [0.29, 0.717) is 26.4 Å². The molecular weight excluding hydrogens is 832 g/mol. The van der Waals surface area contributed by atoms with E-state index in [-0.39, 0.29) is 143 Å². The van der Waals surface area contributed by atoms with E-state index in [4.69, 9.17) is 118 Å². The minimum atomic E-state index is -1.02. The molecule has 0 aromatic rings. The minimum Gasteiger partial charge on any atom is -0.394 e. The summed E-state index contributed by atoms with van der Waals surface area (Å²) in [7, 11) is 0. The molecule has 25 nitrogen and oxygen atoms in total. The number of ether oxygens (including phenoxy) is 11. The number of rotatable bonds is 34. The molecule has 0 aromatic carbocycles. The predicted molar refractivity (Wildman–Crippen MR) is 205 cm³/mol. The second-order valence-electron chi connectivity index (χ2n) is 13.8. The molecule has 2 aliphatic rings. The minimum absolute atomic E-state index is 0.0110. The van der Waals surface area contributed by atoms with Gasteiger partial charge in [-0.15, -0.1) is 0 Å². The summed E-state index contributed by atoms with van der Waals surface area (Å²) in [6.07, 6.45) is -7.78. The summed E-state index contributed by atoms with van der Waals surface area (Å²) in [5.41, 5.74) is 0. The molecule has 368 valence electrons. The first-order valence-corrected chi connectivity index (χ1v) is 19.9. The first-order valence-electron chi connectivity index (χ1n) is 19.9. The molecule has 61 heavy (non-hydrogen) atoms. The molecule has 2 fully saturated rings. The molecule has 0 aliphatic carbocycles. The molecule has 0 saturated carbocycles. The van der Waals surface area contributed by atoms with Crippen molar-refractivity contribution in [1.29, 1.82) is 0 Å². The number of hydrogen-bond acceptors (Lipinski definition) is 25. The van der Waals surface area contributed by atoms with Crippen LogP contribution in [0.1, 0.15) is 0 Å². The maximum Gasteiger partial charge on any atom is 0.104 e. The van der Waals surface area contributed by atoms with E-state index < -0.39 is 62.0 Å². The van der Waals surface area contributed by atoms with Gasteiger partial charge in [-0.25, -0.2) is 0 Å². The molecule has 2 saturated heterocycles. The molecule has 12 unspecified atom stereocenters. The van der Waals surface area contributed by atoms with Crippen LogP contribution in [0.4, 0.5) is 0 Å². The standard InChI is InChI=1S/C12H26O9.2C12H24O8/c13-1-9(17)5-20-11(3-15)7-19-8-12(4-16)21-6-10(18)2-14;13-1-9(15)3-17-4-10(16)5-18-6-12-8-19-11(2-14)7-20-12;13-1-9(15)3-17-5-11-7-20-12(8-19-11)6-18-4-10(16)2-14/h9-18H,1-8H2;2*9-16H,1-8H2. The van der Waals surface area contributed by atoms with Crippen LogP contribution >= 0.6 is 0 Å². The van der Waals surface area contributed by atoms with Crippen molar-refractivity contribution in [2.24, 2.45) is 0 Å². The summed E-state index contributed by atoms with van der Waals surface area (Å²) in [5, 5.41) is 125. The molecule has 25 heteroatoms. The Kier molecular flexibility index (Phi) is 39.8.